The third-order valence-corrected chi connectivity index (χ3v) is 3.94. The number of phenolic OH excluding ortho intramolecular Hbond substituents is 1. The van der Waals surface area contributed by atoms with Crippen molar-refractivity contribution in [3.63, 3.8) is 0 Å². The molecular weight excluding hydrogens is 252 g/mol. The van der Waals surface area contributed by atoms with E-state index in [9.17, 15) is 9.90 Å². The van der Waals surface area contributed by atoms with Gasteiger partial charge < -0.3 is 15.3 Å². The number of hydrogen-bond acceptors (Lipinski definition) is 3. The lowest BCUT2D eigenvalue weighted by Crippen LogP contribution is -2.41. The monoisotopic (exact) mass is 276 g/mol. The summed E-state index contributed by atoms with van der Waals surface area (Å²) in [4.78, 5) is 14.2. The first-order valence-corrected chi connectivity index (χ1v) is 7.45. The van der Waals surface area contributed by atoms with Crippen LogP contribution in [0.3, 0.4) is 0 Å². The van der Waals surface area contributed by atoms with Crippen molar-refractivity contribution in [1.82, 2.24) is 10.2 Å². The van der Waals surface area contributed by atoms with Crippen LogP contribution in [0.2, 0.25) is 0 Å². The van der Waals surface area contributed by atoms with Gasteiger partial charge in [-0.3, -0.25) is 4.79 Å². The lowest BCUT2D eigenvalue weighted by Gasteiger charge is -2.32. The second-order valence-corrected chi connectivity index (χ2v) is 5.48. The van der Waals surface area contributed by atoms with Crippen LogP contribution in [0.5, 0.6) is 5.75 Å². The molecule has 0 saturated carbocycles. The Morgan fingerprint density at radius 1 is 1.30 bits per heavy atom. The largest absolute Gasteiger partial charge is 0.508 e. The van der Waals surface area contributed by atoms with E-state index in [0.29, 0.717) is 12.3 Å². The van der Waals surface area contributed by atoms with Gasteiger partial charge in [-0.05, 0) is 49.5 Å². The first kappa shape index (κ1) is 14.9. The molecule has 1 heterocycles. The van der Waals surface area contributed by atoms with Gasteiger partial charge in [0.15, 0.2) is 0 Å². The fourth-order valence-electron chi connectivity index (χ4n) is 2.64. The van der Waals surface area contributed by atoms with Gasteiger partial charge in [-0.25, -0.2) is 0 Å². The van der Waals surface area contributed by atoms with Gasteiger partial charge in [0, 0.05) is 13.1 Å². The van der Waals surface area contributed by atoms with Crippen molar-refractivity contribution in [2.75, 3.05) is 26.2 Å². The molecule has 1 aliphatic heterocycles. The third-order valence-electron chi connectivity index (χ3n) is 3.94. The molecule has 1 aliphatic rings. The maximum Gasteiger partial charge on any atom is 0.226 e. The van der Waals surface area contributed by atoms with Gasteiger partial charge >= 0.3 is 0 Å². The Hall–Kier alpha value is -1.55. The first-order valence-electron chi connectivity index (χ1n) is 7.45. The lowest BCUT2D eigenvalue weighted by molar-refractivity contribution is -0.131. The van der Waals surface area contributed by atoms with Crippen molar-refractivity contribution in [2.24, 2.45) is 5.92 Å². The van der Waals surface area contributed by atoms with Gasteiger partial charge in [0.2, 0.25) is 5.91 Å². The first-order chi connectivity index (χ1) is 9.69. The Balaban J connectivity index is 1.78. The van der Waals surface area contributed by atoms with E-state index in [1.165, 1.54) is 0 Å². The zero-order valence-corrected chi connectivity index (χ0v) is 12.1. The van der Waals surface area contributed by atoms with E-state index >= 15 is 0 Å². The summed E-state index contributed by atoms with van der Waals surface area (Å²) in [7, 11) is 0. The number of rotatable bonds is 5. The summed E-state index contributed by atoms with van der Waals surface area (Å²) >= 11 is 0. The molecule has 1 aromatic rings. The summed E-state index contributed by atoms with van der Waals surface area (Å²) in [5.41, 5.74) is 0.961. The SMILES string of the molecule is CCNCC1CCN(C(=O)Cc2ccc(O)cc2)CC1. The molecular formula is C16H24N2O2. The summed E-state index contributed by atoms with van der Waals surface area (Å²) < 4.78 is 0. The van der Waals surface area contributed by atoms with Crippen LogP contribution in [-0.2, 0) is 11.2 Å². The van der Waals surface area contributed by atoms with Crippen LogP contribution in [-0.4, -0.2) is 42.1 Å². The van der Waals surface area contributed by atoms with E-state index in [1.807, 2.05) is 17.0 Å². The second-order valence-electron chi connectivity index (χ2n) is 5.48. The maximum absolute atomic E-state index is 12.2. The minimum atomic E-state index is 0.192. The molecule has 0 atom stereocenters. The van der Waals surface area contributed by atoms with E-state index in [4.69, 9.17) is 0 Å². The van der Waals surface area contributed by atoms with Crippen molar-refractivity contribution in [3.8, 4) is 5.75 Å². The van der Waals surface area contributed by atoms with Crippen molar-refractivity contribution < 1.29 is 9.90 Å². The Labute approximate surface area is 120 Å². The molecule has 110 valence electrons. The van der Waals surface area contributed by atoms with E-state index in [0.717, 1.165) is 44.6 Å². The minimum absolute atomic E-state index is 0.192. The van der Waals surface area contributed by atoms with Gasteiger partial charge in [0.25, 0.3) is 0 Å². The van der Waals surface area contributed by atoms with Gasteiger partial charge in [-0.1, -0.05) is 19.1 Å². The molecule has 2 N–H and O–H groups in total. The molecule has 0 unspecified atom stereocenters. The smallest absolute Gasteiger partial charge is 0.226 e. The molecule has 0 radical (unpaired) electrons. The summed E-state index contributed by atoms with van der Waals surface area (Å²) in [5, 5.41) is 12.6. The van der Waals surface area contributed by atoms with Crippen LogP contribution < -0.4 is 5.32 Å². The quantitative estimate of drug-likeness (QED) is 0.862. The average Bonchev–Trinajstić information content (AvgIpc) is 2.48. The molecule has 1 amide bonds. The number of likely N-dealkylation sites (tertiary alicyclic amines) is 1. The van der Waals surface area contributed by atoms with Crippen LogP contribution in [0.4, 0.5) is 0 Å². The summed E-state index contributed by atoms with van der Waals surface area (Å²) in [6.07, 6.45) is 2.61. The highest BCUT2D eigenvalue weighted by Gasteiger charge is 2.22. The van der Waals surface area contributed by atoms with Crippen molar-refractivity contribution in [1.29, 1.82) is 0 Å². The third kappa shape index (κ3) is 4.23. The van der Waals surface area contributed by atoms with Crippen molar-refractivity contribution in [2.45, 2.75) is 26.2 Å². The van der Waals surface area contributed by atoms with Crippen LogP contribution in [0.15, 0.2) is 24.3 Å². The summed E-state index contributed by atoms with van der Waals surface area (Å²) in [6.45, 7) is 5.94. The number of aromatic hydroxyl groups is 1. The van der Waals surface area contributed by atoms with E-state index in [2.05, 4.69) is 12.2 Å². The number of amides is 1. The predicted octanol–water partition coefficient (Wildman–Crippen LogP) is 1.78. The van der Waals surface area contributed by atoms with Crippen molar-refractivity contribution >= 4 is 5.91 Å². The molecule has 0 aliphatic carbocycles. The van der Waals surface area contributed by atoms with Crippen LogP contribution in [0.25, 0.3) is 0 Å². The van der Waals surface area contributed by atoms with Crippen LogP contribution in [0.1, 0.15) is 25.3 Å². The molecule has 4 heteroatoms. The molecule has 1 fully saturated rings. The highest BCUT2D eigenvalue weighted by atomic mass is 16.3. The maximum atomic E-state index is 12.2. The zero-order valence-electron chi connectivity index (χ0n) is 12.1. The van der Waals surface area contributed by atoms with Crippen molar-refractivity contribution in [3.05, 3.63) is 29.8 Å². The van der Waals surface area contributed by atoms with E-state index < -0.39 is 0 Å². The number of phenols is 1. The van der Waals surface area contributed by atoms with E-state index in [1.54, 1.807) is 12.1 Å². The summed E-state index contributed by atoms with van der Waals surface area (Å²) in [5.74, 6) is 1.13. The standard InChI is InChI=1S/C16H24N2O2/c1-2-17-12-14-7-9-18(10-8-14)16(20)11-13-3-5-15(19)6-4-13/h3-6,14,17,19H,2,7-12H2,1H3. The number of nitrogens with one attached hydrogen (secondary N) is 1. The minimum Gasteiger partial charge on any atom is -0.508 e. The van der Waals surface area contributed by atoms with Gasteiger partial charge in [-0.15, -0.1) is 0 Å². The van der Waals surface area contributed by atoms with Crippen LogP contribution >= 0.6 is 0 Å². The average molecular weight is 276 g/mol. The van der Waals surface area contributed by atoms with Crippen LogP contribution in [0, 0.1) is 5.92 Å². The highest BCUT2D eigenvalue weighted by Crippen LogP contribution is 2.18. The molecule has 0 aromatic heterocycles. The van der Waals surface area contributed by atoms with Gasteiger partial charge in [0.05, 0.1) is 6.42 Å². The lowest BCUT2D eigenvalue weighted by atomic mass is 9.96. The Morgan fingerprint density at radius 2 is 1.95 bits per heavy atom. The molecule has 4 nitrogen and oxygen atoms in total. The normalized spacial score (nSPS) is 16.4. The number of piperidine rings is 1. The number of carbonyl (C=O) groups excluding carboxylic acids is 1. The number of hydrogen-bond donors (Lipinski definition) is 2. The predicted molar refractivity (Wildman–Crippen MR) is 79.7 cm³/mol. The molecule has 2 rings (SSSR count). The summed E-state index contributed by atoms with van der Waals surface area (Å²) in [6, 6.07) is 6.88. The fourth-order valence-corrected chi connectivity index (χ4v) is 2.64. The fraction of sp³-hybridized carbons (Fsp3) is 0.562. The zero-order chi connectivity index (χ0) is 14.4. The second kappa shape index (κ2) is 7.29. The molecule has 1 saturated heterocycles. The number of carbonyl (C=O) groups is 1. The number of nitrogens with zero attached hydrogens (tertiary/aromatic N) is 1. The topological polar surface area (TPSA) is 52.6 Å². The highest BCUT2D eigenvalue weighted by molar-refractivity contribution is 5.78. The Bertz CT molecular complexity index is 423. The van der Waals surface area contributed by atoms with Gasteiger partial charge in [0.1, 0.15) is 5.75 Å². The molecule has 0 bridgehead atoms. The number of benzene rings is 1. The Morgan fingerprint density at radius 3 is 2.55 bits per heavy atom. The molecule has 20 heavy (non-hydrogen) atoms. The Kier molecular flexibility index (Phi) is 5.41. The molecule has 0 spiro atoms. The molecule has 1 aromatic carbocycles. The van der Waals surface area contributed by atoms with E-state index in [-0.39, 0.29) is 11.7 Å². The van der Waals surface area contributed by atoms with Gasteiger partial charge in [-0.2, -0.15) is 0 Å².